The number of hydrogen-bond acceptors (Lipinski definition) is 3. The Morgan fingerprint density at radius 1 is 1.48 bits per heavy atom. The van der Waals surface area contributed by atoms with Gasteiger partial charge in [0.05, 0.1) is 17.8 Å². The number of hydrogen-bond donors (Lipinski definition) is 1. The molecule has 1 N–H and O–H groups in total. The largest absolute Gasteiger partial charge is 0.358 e. The first kappa shape index (κ1) is 15.5. The van der Waals surface area contributed by atoms with E-state index in [1.165, 1.54) is 19.2 Å². The molecule has 0 aliphatic carbocycles. The molecule has 6 nitrogen and oxygen atoms in total. The Morgan fingerprint density at radius 2 is 2.14 bits per heavy atom. The van der Waals surface area contributed by atoms with Crippen LogP contribution in [-0.4, -0.2) is 15.4 Å². The summed E-state index contributed by atoms with van der Waals surface area (Å²) < 4.78 is 14.5. The topological polar surface area (TPSA) is 77.2 Å². The van der Waals surface area contributed by atoms with Gasteiger partial charge >= 0.3 is 5.82 Å². The van der Waals surface area contributed by atoms with Crippen LogP contribution in [0.25, 0.3) is 0 Å². The summed E-state index contributed by atoms with van der Waals surface area (Å²) in [6.45, 7) is 0. The fourth-order valence-electron chi connectivity index (χ4n) is 1.75. The van der Waals surface area contributed by atoms with E-state index in [4.69, 9.17) is 11.6 Å². The minimum Gasteiger partial charge on any atom is -0.358 e. The lowest BCUT2D eigenvalue weighted by molar-refractivity contribution is -0.391. The van der Waals surface area contributed by atoms with Gasteiger partial charge in [0.15, 0.2) is 5.69 Å². The summed E-state index contributed by atoms with van der Waals surface area (Å²) in [6.07, 6.45) is 0. The Hall–Kier alpha value is -1.93. The number of carbonyl (C=O) groups excluding carboxylic acids is 1. The average molecular weight is 377 g/mol. The van der Waals surface area contributed by atoms with Gasteiger partial charge in [-0.1, -0.05) is 11.6 Å². The molecule has 2 rings (SSSR count). The predicted octanol–water partition coefficient (Wildman–Crippen LogP) is 3.74. The third-order valence-electron chi connectivity index (χ3n) is 2.76. The van der Waals surface area contributed by atoms with E-state index in [1.807, 2.05) is 0 Å². The van der Waals surface area contributed by atoms with Crippen LogP contribution in [0.4, 0.5) is 15.9 Å². The normalized spacial score (nSPS) is 10.5. The van der Waals surface area contributed by atoms with Crippen LogP contribution in [0.15, 0.2) is 28.7 Å². The molecule has 1 amide bonds. The summed E-state index contributed by atoms with van der Waals surface area (Å²) in [5.41, 5.74) is 0.265. The fourth-order valence-corrected chi connectivity index (χ4v) is 2.65. The molecule has 0 saturated carbocycles. The van der Waals surface area contributed by atoms with E-state index in [0.29, 0.717) is 0 Å². The Morgan fingerprint density at radius 3 is 2.67 bits per heavy atom. The molecule has 1 heterocycles. The molecule has 0 spiro atoms. The van der Waals surface area contributed by atoms with Gasteiger partial charge in [-0.15, -0.1) is 0 Å². The van der Waals surface area contributed by atoms with Crippen molar-refractivity contribution >= 4 is 44.9 Å². The number of anilines is 1. The van der Waals surface area contributed by atoms with E-state index in [1.54, 1.807) is 0 Å². The molecule has 110 valence electrons. The summed E-state index contributed by atoms with van der Waals surface area (Å²) in [5.74, 6) is -1.37. The standard InChI is InChI=1S/C12H8BrClFN3O3/c1-17-9(2-3-10(17)18(20)21)12(19)16-11-7(13)4-6(15)5-8(11)14/h2-5H,1H3,(H,16,19). The van der Waals surface area contributed by atoms with Gasteiger partial charge in [0.2, 0.25) is 0 Å². The van der Waals surface area contributed by atoms with Crippen molar-refractivity contribution in [3.05, 3.63) is 55.4 Å². The van der Waals surface area contributed by atoms with Crippen molar-refractivity contribution in [2.24, 2.45) is 7.05 Å². The highest BCUT2D eigenvalue weighted by Crippen LogP contribution is 2.32. The van der Waals surface area contributed by atoms with E-state index >= 15 is 0 Å². The van der Waals surface area contributed by atoms with E-state index in [9.17, 15) is 19.3 Å². The summed E-state index contributed by atoms with van der Waals surface area (Å²) in [6, 6.07) is 4.74. The summed E-state index contributed by atoms with van der Waals surface area (Å²) >= 11 is 8.95. The van der Waals surface area contributed by atoms with E-state index in [-0.39, 0.29) is 26.7 Å². The first-order chi connectivity index (χ1) is 9.81. The second-order valence-corrected chi connectivity index (χ2v) is 5.35. The molecule has 9 heteroatoms. The van der Waals surface area contributed by atoms with Gasteiger partial charge in [-0.3, -0.25) is 4.79 Å². The SMILES string of the molecule is Cn1c(C(=O)Nc2c(Cl)cc(F)cc2Br)ccc1[N+](=O)[O-]. The molecule has 0 aliphatic rings. The van der Waals surface area contributed by atoms with Gasteiger partial charge < -0.3 is 15.4 Å². The van der Waals surface area contributed by atoms with Crippen LogP contribution < -0.4 is 5.32 Å². The number of aromatic nitrogens is 1. The lowest BCUT2D eigenvalue weighted by Crippen LogP contribution is -2.16. The van der Waals surface area contributed by atoms with Crippen LogP contribution in [0.5, 0.6) is 0 Å². The van der Waals surface area contributed by atoms with Crippen molar-refractivity contribution in [1.82, 2.24) is 4.57 Å². The summed E-state index contributed by atoms with van der Waals surface area (Å²) in [7, 11) is 1.40. The Kier molecular flexibility index (Phi) is 4.29. The van der Waals surface area contributed by atoms with Gasteiger partial charge in [0, 0.05) is 10.5 Å². The molecule has 0 saturated heterocycles. The first-order valence-corrected chi connectivity index (χ1v) is 6.74. The summed E-state index contributed by atoms with van der Waals surface area (Å²) in [5, 5.41) is 13.2. The molecule has 21 heavy (non-hydrogen) atoms. The monoisotopic (exact) mass is 375 g/mol. The minimum absolute atomic E-state index is 0.0129. The number of carbonyl (C=O) groups is 1. The van der Waals surface area contributed by atoms with Crippen molar-refractivity contribution in [3.63, 3.8) is 0 Å². The predicted molar refractivity (Wildman–Crippen MR) is 79.1 cm³/mol. The third kappa shape index (κ3) is 3.06. The molecule has 0 atom stereocenters. The number of halogens is 3. The van der Waals surface area contributed by atoms with Gasteiger partial charge in [-0.25, -0.2) is 8.96 Å². The van der Waals surface area contributed by atoms with E-state index < -0.39 is 16.6 Å². The van der Waals surface area contributed by atoms with Crippen LogP contribution in [0.3, 0.4) is 0 Å². The zero-order chi connectivity index (χ0) is 15.7. The number of nitrogens with one attached hydrogen (secondary N) is 1. The van der Waals surface area contributed by atoms with Crippen molar-refractivity contribution in [3.8, 4) is 0 Å². The highest BCUT2D eigenvalue weighted by molar-refractivity contribution is 9.10. The van der Waals surface area contributed by atoms with Crippen molar-refractivity contribution in [2.45, 2.75) is 0 Å². The minimum atomic E-state index is -0.600. The van der Waals surface area contributed by atoms with Crippen LogP contribution in [0, 0.1) is 15.9 Å². The van der Waals surface area contributed by atoms with Crippen molar-refractivity contribution in [2.75, 3.05) is 5.32 Å². The van der Waals surface area contributed by atoms with Crippen molar-refractivity contribution < 1.29 is 14.1 Å². The molecular weight excluding hydrogens is 369 g/mol. The number of rotatable bonds is 3. The lowest BCUT2D eigenvalue weighted by atomic mass is 10.3. The quantitative estimate of drug-likeness (QED) is 0.655. The zero-order valence-corrected chi connectivity index (χ0v) is 12.9. The maximum atomic E-state index is 13.1. The van der Waals surface area contributed by atoms with Gasteiger partial charge in [0.25, 0.3) is 5.91 Å². The summed E-state index contributed by atoms with van der Waals surface area (Å²) in [4.78, 5) is 22.3. The molecule has 0 unspecified atom stereocenters. The smallest absolute Gasteiger partial charge is 0.323 e. The molecule has 2 aromatic rings. The van der Waals surface area contributed by atoms with Crippen LogP contribution in [0.1, 0.15) is 10.5 Å². The van der Waals surface area contributed by atoms with Crippen LogP contribution in [0.2, 0.25) is 5.02 Å². The molecule has 0 radical (unpaired) electrons. The van der Waals surface area contributed by atoms with Crippen molar-refractivity contribution in [1.29, 1.82) is 0 Å². The third-order valence-corrected chi connectivity index (χ3v) is 3.68. The Bertz CT molecular complexity index is 724. The molecule has 1 aromatic carbocycles. The second-order valence-electron chi connectivity index (χ2n) is 4.09. The Labute approximate surface area is 131 Å². The molecular formula is C12H8BrClFN3O3. The van der Waals surface area contributed by atoms with Gasteiger partial charge in [0.1, 0.15) is 5.82 Å². The molecule has 0 aliphatic heterocycles. The second kappa shape index (κ2) is 5.82. The van der Waals surface area contributed by atoms with Gasteiger partial charge in [-0.05, 0) is 39.1 Å². The van der Waals surface area contributed by atoms with E-state index in [0.717, 1.165) is 16.7 Å². The number of amides is 1. The maximum absolute atomic E-state index is 13.1. The fraction of sp³-hybridized carbons (Fsp3) is 0.0833. The highest BCUT2D eigenvalue weighted by atomic mass is 79.9. The highest BCUT2D eigenvalue weighted by Gasteiger charge is 2.22. The maximum Gasteiger partial charge on any atom is 0.323 e. The zero-order valence-electron chi connectivity index (χ0n) is 10.6. The molecule has 0 bridgehead atoms. The lowest BCUT2D eigenvalue weighted by Gasteiger charge is -2.09. The van der Waals surface area contributed by atoms with Crippen LogP contribution >= 0.6 is 27.5 Å². The molecule has 0 fully saturated rings. The number of nitrogens with zero attached hydrogens (tertiary/aromatic N) is 2. The first-order valence-electron chi connectivity index (χ1n) is 5.57. The molecule has 1 aromatic heterocycles. The van der Waals surface area contributed by atoms with E-state index in [2.05, 4.69) is 21.2 Å². The average Bonchev–Trinajstić information content (AvgIpc) is 2.75. The number of nitro groups is 1. The Balaban J connectivity index is 2.33. The number of benzene rings is 1. The van der Waals surface area contributed by atoms with Crippen LogP contribution in [-0.2, 0) is 7.05 Å². The van der Waals surface area contributed by atoms with Gasteiger partial charge in [-0.2, -0.15) is 0 Å².